The minimum absolute atomic E-state index is 0.161. The first kappa shape index (κ1) is 10.9. The molecule has 1 atom stereocenters. The number of rotatable bonds is 3. The Hall–Kier alpha value is -1.62. The summed E-state index contributed by atoms with van der Waals surface area (Å²) in [5, 5.41) is 8.52. The Morgan fingerprint density at radius 2 is 2.25 bits per heavy atom. The number of aromatic nitrogens is 4. The molecule has 1 unspecified atom stereocenters. The fourth-order valence-corrected chi connectivity index (χ4v) is 1.81. The quantitative estimate of drug-likeness (QED) is 0.837. The fourth-order valence-electron chi connectivity index (χ4n) is 1.81. The highest BCUT2D eigenvalue weighted by molar-refractivity contribution is 5.24. The molecule has 0 aliphatic rings. The lowest BCUT2D eigenvalue weighted by Gasteiger charge is -2.09. The highest BCUT2D eigenvalue weighted by Gasteiger charge is 2.15. The van der Waals surface area contributed by atoms with E-state index in [0.29, 0.717) is 0 Å². The van der Waals surface area contributed by atoms with Crippen molar-refractivity contribution in [1.29, 1.82) is 0 Å². The molecule has 0 radical (unpaired) electrons. The number of nitrogens with two attached hydrogens (primary N) is 1. The summed E-state index contributed by atoms with van der Waals surface area (Å²) < 4.78 is 3.70. The molecule has 2 aromatic heterocycles. The van der Waals surface area contributed by atoms with E-state index in [1.165, 1.54) is 0 Å². The third-order valence-electron chi connectivity index (χ3n) is 2.69. The van der Waals surface area contributed by atoms with Crippen molar-refractivity contribution in [3.8, 4) is 0 Å². The second-order valence-electron chi connectivity index (χ2n) is 3.94. The van der Waals surface area contributed by atoms with Gasteiger partial charge in [-0.25, -0.2) is 0 Å². The summed E-state index contributed by atoms with van der Waals surface area (Å²) in [7, 11) is 1.91. The van der Waals surface area contributed by atoms with Crippen LogP contribution < -0.4 is 5.73 Å². The predicted molar refractivity (Wildman–Crippen MR) is 61.9 cm³/mol. The van der Waals surface area contributed by atoms with E-state index in [1.54, 1.807) is 0 Å². The Bertz CT molecular complexity index is 482. The zero-order chi connectivity index (χ0) is 11.7. The summed E-state index contributed by atoms with van der Waals surface area (Å²) in [6.45, 7) is 4.87. The average molecular weight is 219 g/mol. The van der Waals surface area contributed by atoms with Crippen LogP contribution in [0.2, 0.25) is 0 Å². The topological polar surface area (TPSA) is 61.7 Å². The van der Waals surface area contributed by atoms with Crippen LogP contribution >= 0.6 is 0 Å². The van der Waals surface area contributed by atoms with Gasteiger partial charge in [0.15, 0.2) is 0 Å². The van der Waals surface area contributed by atoms with E-state index >= 15 is 0 Å². The lowest BCUT2D eigenvalue weighted by Crippen LogP contribution is -2.15. The van der Waals surface area contributed by atoms with Crippen molar-refractivity contribution >= 4 is 0 Å². The Balaban J connectivity index is 2.31. The van der Waals surface area contributed by atoms with Crippen molar-refractivity contribution < 1.29 is 0 Å². The average Bonchev–Trinajstić information content (AvgIpc) is 2.84. The summed E-state index contributed by atoms with van der Waals surface area (Å²) in [5.41, 5.74) is 9.19. The molecule has 0 amide bonds. The van der Waals surface area contributed by atoms with Crippen LogP contribution in [0.3, 0.4) is 0 Å². The SMILES string of the molecule is CCn1cc(C(N)c2cc(C)nn2C)cn1. The van der Waals surface area contributed by atoms with Crippen molar-refractivity contribution in [3.63, 3.8) is 0 Å². The molecule has 0 saturated carbocycles. The smallest absolute Gasteiger partial charge is 0.0754 e. The molecule has 2 N–H and O–H groups in total. The van der Waals surface area contributed by atoms with Crippen molar-refractivity contribution in [2.45, 2.75) is 26.4 Å². The Labute approximate surface area is 94.9 Å². The van der Waals surface area contributed by atoms with Gasteiger partial charge < -0.3 is 5.73 Å². The van der Waals surface area contributed by atoms with E-state index in [2.05, 4.69) is 17.1 Å². The number of hydrogen-bond acceptors (Lipinski definition) is 3. The van der Waals surface area contributed by atoms with Gasteiger partial charge in [-0.3, -0.25) is 9.36 Å². The molecule has 0 saturated heterocycles. The molecule has 0 fully saturated rings. The molecule has 0 aliphatic heterocycles. The van der Waals surface area contributed by atoms with Crippen LogP contribution in [0.1, 0.15) is 29.9 Å². The first-order chi connectivity index (χ1) is 7.61. The molecule has 5 nitrogen and oxygen atoms in total. The minimum atomic E-state index is -0.161. The second kappa shape index (κ2) is 4.09. The van der Waals surface area contributed by atoms with E-state index in [9.17, 15) is 0 Å². The lowest BCUT2D eigenvalue weighted by molar-refractivity contribution is 0.653. The largest absolute Gasteiger partial charge is 0.319 e. The van der Waals surface area contributed by atoms with Crippen LogP contribution in [0.25, 0.3) is 0 Å². The van der Waals surface area contributed by atoms with Crippen LogP contribution in [0.5, 0.6) is 0 Å². The predicted octanol–water partition coefficient (Wildman–Crippen LogP) is 0.993. The van der Waals surface area contributed by atoms with Gasteiger partial charge in [0.1, 0.15) is 0 Å². The highest BCUT2D eigenvalue weighted by Crippen LogP contribution is 2.19. The standard InChI is InChI=1S/C11H17N5/c1-4-16-7-9(6-13-16)11(12)10-5-8(2)14-15(10)3/h5-7,11H,4,12H2,1-3H3. The first-order valence-corrected chi connectivity index (χ1v) is 5.40. The van der Waals surface area contributed by atoms with Gasteiger partial charge in [0.25, 0.3) is 0 Å². The molecule has 0 spiro atoms. The summed E-state index contributed by atoms with van der Waals surface area (Å²) in [5.74, 6) is 0. The molecule has 16 heavy (non-hydrogen) atoms. The Kier molecular flexibility index (Phi) is 2.78. The zero-order valence-corrected chi connectivity index (χ0v) is 9.88. The van der Waals surface area contributed by atoms with Crippen molar-refractivity contribution in [3.05, 3.63) is 35.4 Å². The van der Waals surface area contributed by atoms with E-state index in [-0.39, 0.29) is 6.04 Å². The van der Waals surface area contributed by atoms with Gasteiger partial charge >= 0.3 is 0 Å². The third kappa shape index (κ3) is 1.86. The molecule has 2 rings (SSSR count). The zero-order valence-electron chi connectivity index (χ0n) is 9.88. The normalized spacial score (nSPS) is 13.0. The number of hydrogen-bond donors (Lipinski definition) is 1. The first-order valence-electron chi connectivity index (χ1n) is 5.40. The van der Waals surface area contributed by atoms with Gasteiger partial charge in [0.05, 0.1) is 23.6 Å². The van der Waals surface area contributed by atoms with Crippen LogP contribution in [0.4, 0.5) is 0 Å². The second-order valence-corrected chi connectivity index (χ2v) is 3.94. The third-order valence-corrected chi connectivity index (χ3v) is 2.69. The Morgan fingerprint density at radius 1 is 1.50 bits per heavy atom. The Morgan fingerprint density at radius 3 is 2.75 bits per heavy atom. The molecule has 2 aromatic rings. The molecule has 0 aromatic carbocycles. The van der Waals surface area contributed by atoms with Crippen molar-refractivity contribution in [2.24, 2.45) is 12.8 Å². The van der Waals surface area contributed by atoms with E-state index < -0.39 is 0 Å². The van der Waals surface area contributed by atoms with Gasteiger partial charge in [0.2, 0.25) is 0 Å². The number of nitrogens with zero attached hydrogens (tertiary/aromatic N) is 4. The molecule has 86 valence electrons. The van der Waals surface area contributed by atoms with Gasteiger partial charge in [-0.15, -0.1) is 0 Å². The minimum Gasteiger partial charge on any atom is -0.319 e. The van der Waals surface area contributed by atoms with Crippen molar-refractivity contribution in [2.75, 3.05) is 0 Å². The maximum absolute atomic E-state index is 6.18. The molecule has 2 heterocycles. The van der Waals surface area contributed by atoms with Gasteiger partial charge in [0, 0.05) is 25.4 Å². The van der Waals surface area contributed by atoms with E-state index in [1.807, 2.05) is 41.8 Å². The maximum atomic E-state index is 6.18. The van der Waals surface area contributed by atoms with Crippen LogP contribution in [-0.4, -0.2) is 19.6 Å². The molecule has 0 aliphatic carbocycles. The molecular weight excluding hydrogens is 202 g/mol. The van der Waals surface area contributed by atoms with Crippen molar-refractivity contribution in [1.82, 2.24) is 19.6 Å². The van der Waals surface area contributed by atoms with Crippen LogP contribution in [0.15, 0.2) is 18.5 Å². The van der Waals surface area contributed by atoms with E-state index in [4.69, 9.17) is 5.73 Å². The summed E-state index contributed by atoms with van der Waals surface area (Å²) in [6, 6.07) is 1.85. The molecular formula is C11H17N5. The van der Waals surface area contributed by atoms with Gasteiger partial charge in [-0.2, -0.15) is 10.2 Å². The highest BCUT2D eigenvalue weighted by atomic mass is 15.3. The number of aryl methyl sites for hydroxylation is 3. The molecule has 5 heteroatoms. The maximum Gasteiger partial charge on any atom is 0.0754 e. The summed E-state index contributed by atoms with van der Waals surface area (Å²) in [4.78, 5) is 0. The monoisotopic (exact) mass is 219 g/mol. The summed E-state index contributed by atoms with van der Waals surface area (Å²) in [6.07, 6.45) is 3.80. The van der Waals surface area contributed by atoms with Gasteiger partial charge in [-0.05, 0) is 19.9 Å². The van der Waals surface area contributed by atoms with E-state index in [0.717, 1.165) is 23.5 Å². The van der Waals surface area contributed by atoms with Gasteiger partial charge in [-0.1, -0.05) is 0 Å². The fraction of sp³-hybridized carbons (Fsp3) is 0.455. The summed E-state index contributed by atoms with van der Waals surface area (Å²) >= 11 is 0. The van der Waals surface area contributed by atoms with Crippen LogP contribution in [0, 0.1) is 6.92 Å². The van der Waals surface area contributed by atoms with Crippen LogP contribution in [-0.2, 0) is 13.6 Å². The lowest BCUT2D eigenvalue weighted by atomic mass is 10.1. The molecule has 0 bridgehead atoms.